The number of sulfone groups is 1. The van der Waals surface area contributed by atoms with E-state index in [0.29, 0.717) is 19.5 Å². The van der Waals surface area contributed by atoms with Crippen LogP contribution in [-0.2, 0) is 14.6 Å². The summed E-state index contributed by atoms with van der Waals surface area (Å²) in [6.07, 6.45) is 2.52. The first-order valence-corrected chi connectivity index (χ1v) is 8.89. The van der Waals surface area contributed by atoms with Crippen LogP contribution in [0.4, 0.5) is 0 Å². The molecule has 0 bridgehead atoms. The Labute approximate surface area is 128 Å². The van der Waals surface area contributed by atoms with E-state index in [9.17, 15) is 13.2 Å². The largest absolute Gasteiger partial charge is 0.338 e. The van der Waals surface area contributed by atoms with Crippen LogP contribution in [-0.4, -0.2) is 56.9 Å². The molecular formula is C13H27ClN2O3S. The van der Waals surface area contributed by atoms with E-state index in [2.05, 4.69) is 12.2 Å². The number of rotatable bonds is 7. The molecule has 1 rings (SSSR count). The smallest absolute Gasteiger partial charge is 0.226 e. The van der Waals surface area contributed by atoms with E-state index >= 15 is 0 Å². The Kier molecular flexibility index (Phi) is 8.70. The third-order valence-corrected chi connectivity index (χ3v) is 5.37. The molecule has 1 N–H and O–H groups in total. The molecule has 5 nitrogen and oxygen atoms in total. The van der Waals surface area contributed by atoms with E-state index in [1.54, 1.807) is 4.90 Å². The molecule has 0 spiro atoms. The Balaban J connectivity index is 0.00000361. The van der Waals surface area contributed by atoms with E-state index in [0.717, 1.165) is 12.8 Å². The Morgan fingerprint density at radius 3 is 2.55 bits per heavy atom. The summed E-state index contributed by atoms with van der Waals surface area (Å²) in [5, 5.41) is 3.00. The molecule has 1 fully saturated rings. The molecule has 7 heteroatoms. The van der Waals surface area contributed by atoms with Crippen LogP contribution in [0.1, 0.15) is 33.1 Å². The molecule has 1 heterocycles. The van der Waals surface area contributed by atoms with Crippen LogP contribution in [0.25, 0.3) is 0 Å². The zero-order valence-corrected chi connectivity index (χ0v) is 14.2. The summed E-state index contributed by atoms with van der Waals surface area (Å²) in [5.74, 6) is 0.318. The number of unbranched alkanes of at least 4 members (excludes halogenated alkanes) is 1. The Morgan fingerprint density at radius 2 is 2.10 bits per heavy atom. The van der Waals surface area contributed by atoms with Crippen molar-refractivity contribution in [1.82, 2.24) is 10.2 Å². The molecule has 0 aromatic heterocycles. The highest BCUT2D eigenvalue weighted by Gasteiger charge is 2.35. The maximum Gasteiger partial charge on any atom is 0.226 e. The lowest BCUT2D eigenvalue weighted by molar-refractivity contribution is -0.136. The number of hydrogen-bond donors (Lipinski definition) is 1. The molecule has 20 heavy (non-hydrogen) atoms. The molecule has 2 atom stereocenters. The van der Waals surface area contributed by atoms with Crippen LogP contribution in [0.3, 0.4) is 0 Å². The van der Waals surface area contributed by atoms with Crippen LogP contribution in [0.5, 0.6) is 0 Å². The Hall–Kier alpha value is -0.330. The maximum atomic E-state index is 12.4. The summed E-state index contributed by atoms with van der Waals surface area (Å²) >= 11 is 0. The Bertz CT molecular complexity index is 400. The third-order valence-electron chi connectivity index (χ3n) is 3.62. The first-order chi connectivity index (χ1) is 8.91. The number of nitrogens with zero attached hydrogens (tertiary/aromatic N) is 1. The zero-order chi connectivity index (χ0) is 14.5. The summed E-state index contributed by atoms with van der Waals surface area (Å²) in [6, 6.07) is -0.122. The van der Waals surface area contributed by atoms with Gasteiger partial charge in [0.1, 0.15) is 0 Å². The van der Waals surface area contributed by atoms with Crippen LogP contribution >= 0.6 is 12.4 Å². The second kappa shape index (κ2) is 8.85. The predicted molar refractivity (Wildman–Crippen MR) is 84.0 cm³/mol. The summed E-state index contributed by atoms with van der Waals surface area (Å²) in [4.78, 5) is 14.2. The number of hydrogen-bond acceptors (Lipinski definition) is 4. The van der Waals surface area contributed by atoms with Gasteiger partial charge in [-0.1, -0.05) is 20.3 Å². The molecule has 120 valence electrons. The van der Waals surface area contributed by atoms with Crippen molar-refractivity contribution in [2.24, 2.45) is 5.92 Å². The van der Waals surface area contributed by atoms with Crippen molar-refractivity contribution in [2.45, 2.75) is 39.2 Å². The third kappa shape index (κ3) is 5.58. The zero-order valence-electron chi connectivity index (χ0n) is 12.6. The van der Waals surface area contributed by atoms with Crippen molar-refractivity contribution in [3.63, 3.8) is 0 Å². The minimum Gasteiger partial charge on any atom is -0.338 e. The fraction of sp³-hybridized carbons (Fsp3) is 0.923. The minimum absolute atomic E-state index is 0. The second-order valence-electron chi connectivity index (χ2n) is 5.40. The van der Waals surface area contributed by atoms with Crippen molar-refractivity contribution < 1.29 is 13.2 Å². The van der Waals surface area contributed by atoms with Crippen molar-refractivity contribution in [1.29, 1.82) is 0 Å². The standard InChI is InChI=1S/C13H26N2O3S.ClH/c1-4-5-7-15(13(16)11(2)9-14-3)12-6-8-19(17,18)10-12;/h11-12,14H,4-10H2,1-3H3;1H. The van der Waals surface area contributed by atoms with E-state index < -0.39 is 9.84 Å². The van der Waals surface area contributed by atoms with Crippen LogP contribution in [0, 0.1) is 5.92 Å². The first kappa shape index (κ1) is 19.7. The van der Waals surface area contributed by atoms with Crippen molar-refractivity contribution in [3.05, 3.63) is 0 Å². The SMILES string of the molecule is CCCCN(C(=O)C(C)CNC)C1CCS(=O)(=O)C1.Cl. The first-order valence-electron chi connectivity index (χ1n) is 7.06. The van der Waals surface area contributed by atoms with Gasteiger partial charge in [-0.15, -0.1) is 12.4 Å². The monoisotopic (exact) mass is 326 g/mol. The van der Waals surface area contributed by atoms with Crippen LogP contribution in [0.15, 0.2) is 0 Å². The highest BCUT2D eigenvalue weighted by Crippen LogP contribution is 2.20. The van der Waals surface area contributed by atoms with Gasteiger partial charge >= 0.3 is 0 Å². The molecule has 0 aliphatic carbocycles. The predicted octanol–water partition coefficient (Wildman–Crippen LogP) is 1.08. The number of carbonyl (C=O) groups is 1. The number of halogens is 1. The van der Waals surface area contributed by atoms with Gasteiger partial charge < -0.3 is 10.2 Å². The van der Waals surface area contributed by atoms with Crippen LogP contribution < -0.4 is 5.32 Å². The van der Waals surface area contributed by atoms with Crippen molar-refractivity contribution >= 4 is 28.2 Å². The van der Waals surface area contributed by atoms with Gasteiger partial charge in [0.2, 0.25) is 5.91 Å². The van der Waals surface area contributed by atoms with Gasteiger partial charge in [0, 0.05) is 25.0 Å². The van der Waals surface area contributed by atoms with Gasteiger partial charge in [-0.3, -0.25) is 4.79 Å². The van der Waals surface area contributed by atoms with Crippen LogP contribution in [0.2, 0.25) is 0 Å². The number of nitrogens with one attached hydrogen (secondary N) is 1. The van der Waals surface area contributed by atoms with E-state index in [1.165, 1.54) is 0 Å². The average Bonchev–Trinajstić information content (AvgIpc) is 2.70. The molecule has 0 aromatic rings. The maximum absolute atomic E-state index is 12.4. The average molecular weight is 327 g/mol. The lowest BCUT2D eigenvalue weighted by Gasteiger charge is -2.30. The fourth-order valence-electron chi connectivity index (χ4n) is 2.50. The molecule has 0 radical (unpaired) electrons. The highest BCUT2D eigenvalue weighted by molar-refractivity contribution is 7.91. The quantitative estimate of drug-likeness (QED) is 0.760. The second-order valence-corrected chi connectivity index (χ2v) is 7.63. The lowest BCUT2D eigenvalue weighted by Crippen LogP contribution is -2.46. The molecule has 0 saturated carbocycles. The number of carbonyl (C=O) groups excluding carboxylic acids is 1. The molecule has 1 aliphatic heterocycles. The normalized spacial score (nSPS) is 22.1. The summed E-state index contributed by atoms with van der Waals surface area (Å²) in [5.41, 5.74) is 0. The molecule has 1 amide bonds. The Morgan fingerprint density at radius 1 is 1.45 bits per heavy atom. The van der Waals surface area contributed by atoms with E-state index in [4.69, 9.17) is 0 Å². The van der Waals surface area contributed by atoms with Gasteiger partial charge in [-0.2, -0.15) is 0 Å². The summed E-state index contributed by atoms with van der Waals surface area (Å²) in [7, 11) is -1.13. The van der Waals surface area contributed by atoms with Gasteiger partial charge in [0.05, 0.1) is 11.5 Å². The molecule has 0 aromatic carbocycles. The molecule has 1 saturated heterocycles. The van der Waals surface area contributed by atoms with E-state index in [-0.39, 0.29) is 41.8 Å². The fourth-order valence-corrected chi connectivity index (χ4v) is 4.23. The molecule has 1 aliphatic rings. The molecule has 2 unspecified atom stereocenters. The highest BCUT2D eigenvalue weighted by atomic mass is 35.5. The van der Waals surface area contributed by atoms with Crippen molar-refractivity contribution in [3.8, 4) is 0 Å². The molecular weight excluding hydrogens is 300 g/mol. The number of amides is 1. The topological polar surface area (TPSA) is 66.5 Å². The van der Waals surface area contributed by atoms with Gasteiger partial charge in [-0.05, 0) is 19.9 Å². The minimum atomic E-state index is -2.95. The van der Waals surface area contributed by atoms with Gasteiger partial charge in [0.25, 0.3) is 0 Å². The lowest BCUT2D eigenvalue weighted by atomic mass is 10.1. The summed E-state index contributed by atoms with van der Waals surface area (Å²) < 4.78 is 23.2. The van der Waals surface area contributed by atoms with Gasteiger partial charge in [0.15, 0.2) is 9.84 Å². The van der Waals surface area contributed by atoms with Gasteiger partial charge in [-0.25, -0.2) is 8.42 Å². The van der Waals surface area contributed by atoms with Crippen molar-refractivity contribution in [2.75, 3.05) is 31.6 Å². The summed E-state index contributed by atoms with van der Waals surface area (Å²) in [6.45, 7) is 5.26. The van der Waals surface area contributed by atoms with E-state index in [1.807, 2.05) is 14.0 Å².